The van der Waals surface area contributed by atoms with Crippen LogP contribution in [-0.2, 0) is 13.1 Å². The molecule has 0 amide bonds. The summed E-state index contributed by atoms with van der Waals surface area (Å²) in [4.78, 5) is 16.0. The molecule has 0 N–H and O–H groups in total. The molecule has 0 spiro atoms. The number of nitrogens with zero attached hydrogens (tertiary/aromatic N) is 8. The van der Waals surface area contributed by atoms with Crippen LogP contribution in [0.15, 0.2) is 42.7 Å². The predicted molar refractivity (Wildman–Crippen MR) is 117 cm³/mol. The number of nitriles is 1. The van der Waals surface area contributed by atoms with Gasteiger partial charge in [0.05, 0.1) is 54.8 Å². The Hall–Kier alpha value is -4.16. The van der Waals surface area contributed by atoms with Crippen LogP contribution in [0.4, 0.5) is 0 Å². The fraction of sp³-hybridized carbons (Fsp3) is 0.217. The minimum absolute atomic E-state index is 0.567. The van der Waals surface area contributed by atoms with Gasteiger partial charge in [-0.15, -0.1) is 10.2 Å². The molecule has 0 bridgehead atoms. The van der Waals surface area contributed by atoms with E-state index in [1.165, 1.54) is 0 Å². The number of fused-ring (bicyclic) bond motifs is 3. The van der Waals surface area contributed by atoms with Gasteiger partial charge in [-0.05, 0) is 37.7 Å². The number of benzene rings is 1. The van der Waals surface area contributed by atoms with Gasteiger partial charge in [-0.3, -0.25) is 14.5 Å². The number of hydrogen-bond acceptors (Lipinski definition) is 8. The van der Waals surface area contributed by atoms with E-state index in [0.717, 1.165) is 34.0 Å². The van der Waals surface area contributed by atoms with Gasteiger partial charge in [0.25, 0.3) is 0 Å². The highest BCUT2D eigenvalue weighted by Gasteiger charge is 2.25. The first-order valence-corrected chi connectivity index (χ1v) is 10.1. The summed E-state index contributed by atoms with van der Waals surface area (Å²) < 4.78 is 7.30. The van der Waals surface area contributed by atoms with Crippen LogP contribution >= 0.6 is 0 Å². The molecule has 9 heteroatoms. The van der Waals surface area contributed by atoms with Crippen molar-refractivity contribution in [3.05, 3.63) is 65.4 Å². The Bertz CT molecular complexity index is 1350. The minimum Gasteiger partial charge on any atom is -0.481 e. The molecule has 0 radical (unpaired) electrons. The summed E-state index contributed by atoms with van der Waals surface area (Å²) in [6.07, 6.45) is 3.43. The fourth-order valence-corrected chi connectivity index (χ4v) is 3.90. The molecule has 1 aromatic carbocycles. The Labute approximate surface area is 185 Å². The van der Waals surface area contributed by atoms with Crippen molar-refractivity contribution >= 4 is 0 Å². The number of methoxy groups -OCH3 is 1. The van der Waals surface area contributed by atoms with E-state index in [-0.39, 0.29) is 0 Å². The molecule has 1 aliphatic heterocycles. The second-order valence-electron chi connectivity index (χ2n) is 7.70. The van der Waals surface area contributed by atoms with Crippen LogP contribution in [0.2, 0.25) is 0 Å². The number of hydrogen-bond donors (Lipinski definition) is 0. The summed E-state index contributed by atoms with van der Waals surface area (Å²) in [5.41, 5.74) is 5.66. The lowest BCUT2D eigenvalue weighted by Gasteiger charge is -2.13. The van der Waals surface area contributed by atoms with Gasteiger partial charge in [-0.25, -0.2) is 9.97 Å². The van der Waals surface area contributed by atoms with Crippen molar-refractivity contribution in [2.45, 2.75) is 20.0 Å². The maximum atomic E-state index is 9.09. The van der Waals surface area contributed by atoms with Crippen molar-refractivity contribution in [3.8, 4) is 40.4 Å². The lowest BCUT2D eigenvalue weighted by atomic mass is 10.0. The molecule has 9 nitrogen and oxygen atoms in total. The van der Waals surface area contributed by atoms with E-state index >= 15 is 0 Å². The SMILES string of the molecule is COc1ccc2c(n1)CN(C)Cc1nnc(-c3cnc(-c4ccc(C#N)cc4C)cn3)n1-2. The zero-order valence-electron chi connectivity index (χ0n) is 17.9. The van der Waals surface area contributed by atoms with Gasteiger partial charge >= 0.3 is 0 Å². The molecule has 0 saturated carbocycles. The van der Waals surface area contributed by atoms with Crippen molar-refractivity contribution in [3.63, 3.8) is 0 Å². The van der Waals surface area contributed by atoms with E-state index in [0.29, 0.717) is 36.1 Å². The van der Waals surface area contributed by atoms with E-state index in [4.69, 9.17) is 10.00 Å². The summed E-state index contributed by atoms with van der Waals surface area (Å²) in [5, 5.41) is 17.9. The molecule has 0 unspecified atom stereocenters. The zero-order valence-corrected chi connectivity index (χ0v) is 17.9. The Morgan fingerprint density at radius 1 is 1.03 bits per heavy atom. The molecule has 5 rings (SSSR count). The van der Waals surface area contributed by atoms with Crippen LogP contribution in [0.1, 0.15) is 22.6 Å². The number of ether oxygens (including phenoxy) is 1. The van der Waals surface area contributed by atoms with Crippen LogP contribution in [0, 0.1) is 18.3 Å². The molecule has 1 aliphatic rings. The highest BCUT2D eigenvalue weighted by molar-refractivity contribution is 5.65. The van der Waals surface area contributed by atoms with Crippen molar-refractivity contribution < 1.29 is 4.74 Å². The number of aryl methyl sites for hydroxylation is 1. The minimum atomic E-state index is 0.567. The lowest BCUT2D eigenvalue weighted by molar-refractivity contribution is 0.309. The van der Waals surface area contributed by atoms with Crippen LogP contribution in [0.3, 0.4) is 0 Å². The van der Waals surface area contributed by atoms with Crippen molar-refractivity contribution in [2.75, 3.05) is 14.2 Å². The van der Waals surface area contributed by atoms with Gasteiger partial charge < -0.3 is 4.74 Å². The summed E-state index contributed by atoms with van der Waals surface area (Å²) in [5.74, 6) is 1.98. The van der Waals surface area contributed by atoms with Gasteiger partial charge in [0.15, 0.2) is 11.6 Å². The third kappa shape index (κ3) is 3.36. The number of rotatable bonds is 3. The van der Waals surface area contributed by atoms with Gasteiger partial charge in [-0.1, -0.05) is 6.07 Å². The molecule has 4 aromatic rings. The zero-order chi connectivity index (χ0) is 22.2. The van der Waals surface area contributed by atoms with Crippen molar-refractivity contribution in [1.82, 2.24) is 34.6 Å². The van der Waals surface area contributed by atoms with Crippen LogP contribution in [-0.4, -0.2) is 48.8 Å². The summed E-state index contributed by atoms with van der Waals surface area (Å²) in [6.45, 7) is 3.25. The van der Waals surface area contributed by atoms with Crippen LogP contribution < -0.4 is 4.74 Å². The maximum Gasteiger partial charge on any atom is 0.213 e. The van der Waals surface area contributed by atoms with Gasteiger partial charge in [0.1, 0.15) is 5.69 Å². The molecule has 158 valence electrons. The summed E-state index contributed by atoms with van der Waals surface area (Å²) in [6, 6.07) is 11.5. The Balaban J connectivity index is 1.57. The third-order valence-corrected chi connectivity index (χ3v) is 5.45. The predicted octanol–water partition coefficient (Wildman–Crippen LogP) is 2.92. The smallest absolute Gasteiger partial charge is 0.213 e. The van der Waals surface area contributed by atoms with Crippen molar-refractivity contribution in [2.24, 2.45) is 0 Å². The monoisotopic (exact) mass is 424 g/mol. The third-order valence-electron chi connectivity index (χ3n) is 5.45. The van der Waals surface area contributed by atoms with E-state index < -0.39 is 0 Å². The molecule has 32 heavy (non-hydrogen) atoms. The molecule has 0 atom stereocenters. The molecule has 0 saturated heterocycles. The van der Waals surface area contributed by atoms with Gasteiger partial charge in [0, 0.05) is 18.2 Å². The molecule has 4 heterocycles. The molecular weight excluding hydrogens is 404 g/mol. The topological polar surface area (TPSA) is 106 Å². The highest BCUT2D eigenvalue weighted by Crippen LogP contribution is 2.29. The molecule has 3 aromatic heterocycles. The second-order valence-corrected chi connectivity index (χ2v) is 7.70. The molecule has 0 fully saturated rings. The Morgan fingerprint density at radius 3 is 2.56 bits per heavy atom. The standard InChI is InChI=1S/C23H20N8O/c1-14-8-15(9-24)4-5-16(14)17-10-26-18(11-25-17)23-29-28-21-13-30(2)12-19-20(31(21)23)6-7-22(27-19)32-3/h4-8,10-11H,12-13H2,1-3H3. The number of aromatic nitrogens is 6. The average Bonchev–Trinajstić information content (AvgIpc) is 3.15. The van der Waals surface area contributed by atoms with Crippen molar-refractivity contribution in [1.29, 1.82) is 5.26 Å². The first-order chi connectivity index (χ1) is 15.6. The normalized spacial score (nSPS) is 13.1. The van der Waals surface area contributed by atoms with E-state index in [9.17, 15) is 0 Å². The van der Waals surface area contributed by atoms with E-state index in [2.05, 4.69) is 36.1 Å². The quantitative estimate of drug-likeness (QED) is 0.494. The van der Waals surface area contributed by atoms with Crippen LogP contribution in [0.5, 0.6) is 5.88 Å². The summed E-state index contributed by atoms with van der Waals surface area (Å²) in [7, 11) is 3.63. The highest BCUT2D eigenvalue weighted by atomic mass is 16.5. The Morgan fingerprint density at radius 2 is 1.84 bits per heavy atom. The first kappa shape index (κ1) is 19.8. The summed E-state index contributed by atoms with van der Waals surface area (Å²) >= 11 is 0. The van der Waals surface area contributed by atoms with E-state index in [1.54, 1.807) is 25.6 Å². The number of pyridine rings is 1. The Kier molecular flexibility index (Phi) is 4.84. The lowest BCUT2D eigenvalue weighted by Crippen LogP contribution is -2.17. The largest absolute Gasteiger partial charge is 0.481 e. The van der Waals surface area contributed by atoms with E-state index in [1.807, 2.05) is 42.8 Å². The molecular formula is C23H20N8O. The fourth-order valence-electron chi connectivity index (χ4n) is 3.90. The van der Waals surface area contributed by atoms with Crippen LogP contribution in [0.25, 0.3) is 28.5 Å². The average molecular weight is 424 g/mol. The maximum absolute atomic E-state index is 9.09. The molecule has 0 aliphatic carbocycles. The first-order valence-electron chi connectivity index (χ1n) is 10.1. The second kappa shape index (κ2) is 7.83. The van der Waals surface area contributed by atoms with Gasteiger partial charge in [-0.2, -0.15) is 5.26 Å². The van der Waals surface area contributed by atoms with Gasteiger partial charge in [0.2, 0.25) is 5.88 Å².